The normalized spacial score (nSPS) is 24.4. The van der Waals surface area contributed by atoms with E-state index in [1.165, 1.54) is 52.0 Å². The van der Waals surface area contributed by atoms with E-state index in [9.17, 15) is 0 Å². The van der Waals surface area contributed by atoms with Gasteiger partial charge in [0.2, 0.25) is 0 Å². The van der Waals surface area contributed by atoms with Crippen LogP contribution in [0.15, 0.2) is 0 Å². The Morgan fingerprint density at radius 2 is 1.59 bits per heavy atom. The van der Waals surface area contributed by atoms with Crippen molar-refractivity contribution in [3.05, 3.63) is 0 Å². The van der Waals surface area contributed by atoms with Crippen LogP contribution in [0.25, 0.3) is 0 Å². The summed E-state index contributed by atoms with van der Waals surface area (Å²) >= 11 is 0. The molecule has 0 aromatic rings. The van der Waals surface area contributed by atoms with Crippen molar-refractivity contribution in [2.24, 2.45) is 5.41 Å². The summed E-state index contributed by atoms with van der Waals surface area (Å²) in [6.07, 6.45) is 4.19. The molecule has 0 bridgehead atoms. The second-order valence-electron chi connectivity index (χ2n) is 5.84. The SMILES string of the molecule is CC.CCCN1CCC2(CC1)CN(C(C)C)C2. The Labute approximate surface area is 108 Å². The van der Waals surface area contributed by atoms with Crippen LogP contribution in [-0.2, 0) is 0 Å². The van der Waals surface area contributed by atoms with Crippen LogP contribution in [0.2, 0.25) is 0 Å². The summed E-state index contributed by atoms with van der Waals surface area (Å²) in [6.45, 7) is 17.7. The second kappa shape index (κ2) is 6.75. The van der Waals surface area contributed by atoms with Crippen molar-refractivity contribution in [3.8, 4) is 0 Å². The Bertz CT molecular complexity index is 197. The van der Waals surface area contributed by atoms with E-state index in [0.717, 1.165) is 6.04 Å². The first-order chi connectivity index (χ1) is 8.15. The van der Waals surface area contributed by atoms with Crippen LogP contribution in [0, 0.1) is 5.41 Å². The molecule has 1 spiro atoms. The molecule has 102 valence electrons. The Morgan fingerprint density at radius 1 is 1.06 bits per heavy atom. The van der Waals surface area contributed by atoms with Crippen LogP contribution in [0.1, 0.15) is 53.9 Å². The first-order valence-electron chi connectivity index (χ1n) is 7.62. The number of hydrogen-bond acceptors (Lipinski definition) is 2. The lowest BCUT2D eigenvalue weighted by molar-refractivity contribution is -0.0620. The molecule has 0 atom stereocenters. The Kier molecular flexibility index (Phi) is 5.94. The van der Waals surface area contributed by atoms with Gasteiger partial charge in [-0.25, -0.2) is 0 Å². The molecule has 0 radical (unpaired) electrons. The van der Waals surface area contributed by atoms with Gasteiger partial charge >= 0.3 is 0 Å². The van der Waals surface area contributed by atoms with Crippen molar-refractivity contribution in [2.45, 2.75) is 59.9 Å². The minimum atomic E-state index is 0.717. The monoisotopic (exact) mass is 240 g/mol. The lowest BCUT2D eigenvalue weighted by atomic mass is 9.71. The summed E-state index contributed by atoms with van der Waals surface area (Å²) in [7, 11) is 0. The Hall–Kier alpha value is -0.0800. The van der Waals surface area contributed by atoms with Gasteiger partial charge < -0.3 is 4.90 Å². The second-order valence-corrected chi connectivity index (χ2v) is 5.84. The van der Waals surface area contributed by atoms with Gasteiger partial charge in [-0.1, -0.05) is 20.8 Å². The highest BCUT2D eigenvalue weighted by Gasteiger charge is 2.44. The molecule has 2 rings (SSSR count). The molecule has 2 saturated heterocycles. The molecule has 0 aliphatic carbocycles. The van der Waals surface area contributed by atoms with Crippen LogP contribution in [0.5, 0.6) is 0 Å². The zero-order chi connectivity index (χ0) is 12.9. The molecule has 0 saturated carbocycles. The van der Waals surface area contributed by atoms with Crippen LogP contribution in [0.3, 0.4) is 0 Å². The lowest BCUT2D eigenvalue weighted by Gasteiger charge is -2.55. The summed E-state index contributed by atoms with van der Waals surface area (Å²) in [5, 5.41) is 0. The summed E-state index contributed by atoms with van der Waals surface area (Å²) in [4.78, 5) is 5.26. The maximum absolute atomic E-state index is 2.64. The first kappa shape index (κ1) is 15.0. The number of rotatable bonds is 3. The van der Waals surface area contributed by atoms with E-state index in [1.807, 2.05) is 13.8 Å². The molecule has 2 heterocycles. The number of nitrogens with zero attached hydrogens (tertiary/aromatic N) is 2. The third-order valence-corrected chi connectivity index (χ3v) is 4.26. The fourth-order valence-corrected chi connectivity index (χ4v) is 3.06. The zero-order valence-electron chi connectivity index (χ0n) is 12.6. The van der Waals surface area contributed by atoms with E-state index in [2.05, 4.69) is 30.6 Å². The third-order valence-electron chi connectivity index (χ3n) is 4.26. The summed E-state index contributed by atoms with van der Waals surface area (Å²) in [5.41, 5.74) is 0.717. The maximum atomic E-state index is 2.64. The molecule has 2 aliphatic heterocycles. The van der Waals surface area contributed by atoms with Crippen molar-refractivity contribution in [2.75, 3.05) is 32.7 Å². The van der Waals surface area contributed by atoms with Gasteiger partial charge in [-0.15, -0.1) is 0 Å². The standard InChI is InChI=1S/C13H26N2.C2H6/c1-4-7-14-8-5-13(6-9-14)10-15(11-13)12(2)3;1-2/h12H,4-11H2,1-3H3;1-2H3. The van der Waals surface area contributed by atoms with Crippen molar-refractivity contribution in [1.82, 2.24) is 9.80 Å². The molecule has 2 nitrogen and oxygen atoms in total. The summed E-state index contributed by atoms with van der Waals surface area (Å²) < 4.78 is 0. The van der Waals surface area contributed by atoms with E-state index in [-0.39, 0.29) is 0 Å². The average Bonchev–Trinajstić information content (AvgIpc) is 2.30. The number of hydrogen-bond donors (Lipinski definition) is 0. The lowest BCUT2D eigenvalue weighted by Crippen LogP contribution is -2.62. The molecular weight excluding hydrogens is 208 g/mol. The number of piperidine rings is 1. The fourth-order valence-electron chi connectivity index (χ4n) is 3.06. The van der Waals surface area contributed by atoms with Crippen molar-refractivity contribution in [3.63, 3.8) is 0 Å². The molecule has 2 aliphatic rings. The molecule has 0 aromatic carbocycles. The van der Waals surface area contributed by atoms with Gasteiger partial charge in [0.1, 0.15) is 0 Å². The molecule has 0 aromatic heterocycles. The van der Waals surface area contributed by atoms with E-state index in [0.29, 0.717) is 5.41 Å². The Morgan fingerprint density at radius 3 is 2.00 bits per heavy atom. The van der Waals surface area contributed by atoms with E-state index >= 15 is 0 Å². The maximum Gasteiger partial charge on any atom is 0.00541 e. The van der Waals surface area contributed by atoms with Crippen LogP contribution >= 0.6 is 0 Å². The Balaban J connectivity index is 0.000000686. The molecule has 2 fully saturated rings. The third kappa shape index (κ3) is 3.69. The zero-order valence-corrected chi connectivity index (χ0v) is 12.6. The van der Waals surface area contributed by atoms with Gasteiger partial charge in [-0.05, 0) is 58.2 Å². The molecular formula is C15H32N2. The van der Waals surface area contributed by atoms with Gasteiger partial charge in [0, 0.05) is 19.1 Å². The highest BCUT2D eigenvalue weighted by molar-refractivity contribution is 4.98. The average molecular weight is 240 g/mol. The van der Waals surface area contributed by atoms with Crippen LogP contribution < -0.4 is 0 Å². The predicted octanol–water partition coefficient (Wildman–Crippen LogP) is 3.23. The topological polar surface area (TPSA) is 6.48 Å². The van der Waals surface area contributed by atoms with Gasteiger partial charge in [0.15, 0.2) is 0 Å². The summed E-state index contributed by atoms with van der Waals surface area (Å²) in [5.74, 6) is 0. The van der Waals surface area contributed by atoms with Crippen molar-refractivity contribution < 1.29 is 0 Å². The van der Waals surface area contributed by atoms with Crippen molar-refractivity contribution in [1.29, 1.82) is 0 Å². The van der Waals surface area contributed by atoms with Crippen LogP contribution in [-0.4, -0.2) is 48.6 Å². The van der Waals surface area contributed by atoms with Gasteiger partial charge in [0.25, 0.3) is 0 Å². The smallest absolute Gasteiger partial charge is 0.00541 e. The first-order valence-corrected chi connectivity index (χ1v) is 7.62. The molecule has 0 N–H and O–H groups in total. The van der Waals surface area contributed by atoms with Gasteiger partial charge in [0.05, 0.1) is 0 Å². The largest absolute Gasteiger partial charge is 0.303 e. The van der Waals surface area contributed by atoms with Gasteiger partial charge in [-0.2, -0.15) is 0 Å². The molecule has 17 heavy (non-hydrogen) atoms. The van der Waals surface area contributed by atoms with E-state index in [1.54, 1.807) is 0 Å². The molecule has 0 unspecified atom stereocenters. The minimum Gasteiger partial charge on any atom is -0.303 e. The molecule has 2 heteroatoms. The minimum absolute atomic E-state index is 0.717. The number of likely N-dealkylation sites (tertiary alicyclic amines) is 2. The van der Waals surface area contributed by atoms with E-state index < -0.39 is 0 Å². The predicted molar refractivity (Wildman–Crippen MR) is 76.5 cm³/mol. The fraction of sp³-hybridized carbons (Fsp3) is 1.00. The summed E-state index contributed by atoms with van der Waals surface area (Å²) in [6, 6.07) is 0.754. The van der Waals surface area contributed by atoms with Crippen molar-refractivity contribution >= 4 is 0 Å². The van der Waals surface area contributed by atoms with Gasteiger partial charge in [-0.3, -0.25) is 4.90 Å². The quantitative estimate of drug-likeness (QED) is 0.747. The highest BCUT2D eigenvalue weighted by atomic mass is 15.2. The molecule has 0 amide bonds. The van der Waals surface area contributed by atoms with Crippen LogP contribution in [0.4, 0.5) is 0 Å². The van der Waals surface area contributed by atoms with E-state index in [4.69, 9.17) is 0 Å². The highest BCUT2D eigenvalue weighted by Crippen LogP contribution is 2.41.